The molecule has 0 bridgehead atoms. The molecule has 0 spiro atoms. The zero-order chi connectivity index (χ0) is 8.81. The van der Waals surface area contributed by atoms with Crippen LogP contribution in [-0.2, 0) is 0 Å². The molecule has 12 heavy (non-hydrogen) atoms. The minimum atomic E-state index is 0.622. The Morgan fingerprint density at radius 2 is 2.58 bits per heavy atom. The number of alkyl halides is 1. The van der Waals surface area contributed by atoms with Gasteiger partial charge in [0.05, 0.1) is 0 Å². The van der Waals surface area contributed by atoms with E-state index >= 15 is 0 Å². The van der Waals surface area contributed by atoms with Gasteiger partial charge in [-0.25, -0.2) is 0 Å². The maximum atomic E-state index is 5.55. The third-order valence-corrected chi connectivity index (χ3v) is 2.52. The number of hydrogen-bond acceptors (Lipinski definition) is 1. The van der Waals surface area contributed by atoms with Gasteiger partial charge in [0.15, 0.2) is 0 Å². The highest BCUT2D eigenvalue weighted by molar-refractivity contribution is 7.11. The first-order chi connectivity index (χ1) is 5.88. The van der Waals surface area contributed by atoms with E-state index in [9.17, 15) is 0 Å². The van der Waals surface area contributed by atoms with Crippen LogP contribution in [0.25, 0.3) is 5.57 Å². The van der Waals surface area contributed by atoms with Gasteiger partial charge in [-0.1, -0.05) is 18.1 Å². The van der Waals surface area contributed by atoms with Crippen LogP contribution < -0.4 is 0 Å². The zero-order valence-electron chi connectivity index (χ0n) is 6.59. The van der Waals surface area contributed by atoms with Crippen molar-refractivity contribution in [3.63, 3.8) is 0 Å². The highest BCUT2D eigenvalue weighted by Gasteiger charge is 1.96. The Hall–Kier alpha value is -0.710. The third kappa shape index (κ3) is 2.41. The standard InChI is InChI=1S/C10H9ClS/c1-2-9(5-3-7-11)10-6-4-8-12-10/h1,4-6,8H,3,7H2/b9-5+. The summed E-state index contributed by atoms with van der Waals surface area (Å²) in [7, 11) is 0. The van der Waals surface area contributed by atoms with E-state index in [0.717, 1.165) is 16.9 Å². The number of terminal acetylenes is 1. The predicted octanol–water partition coefficient (Wildman–Crippen LogP) is 3.39. The van der Waals surface area contributed by atoms with Gasteiger partial charge in [0.25, 0.3) is 0 Å². The van der Waals surface area contributed by atoms with Crippen molar-refractivity contribution in [2.75, 3.05) is 5.88 Å². The molecule has 0 fully saturated rings. The normalized spacial score (nSPS) is 11.2. The molecular weight excluding hydrogens is 188 g/mol. The van der Waals surface area contributed by atoms with Gasteiger partial charge in [-0.15, -0.1) is 29.4 Å². The molecule has 0 aliphatic carbocycles. The van der Waals surface area contributed by atoms with Crippen molar-refractivity contribution < 1.29 is 0 Å². The van der Waals surface area contributed by atoms with Crippen molar-refractivity contribution in [3.8, 4) is 12.3 Å². The predicted molar refractivity (Wildman–Crippen MR) is 56.5 cm³/mol. The molecule has 0 aromatic carbocycles. The van der Waals surface area contributed by atoms with Crippen molar-refractivity contribution in [2.24, 2.45) is 0 Å². The van der Waals surface area contributed by atoms with Crippen LogP contribution in [-0.4, -0.2) is 5.88 Å². The molecule has 1 aromatic rings. The summed E-state index contributed by atoms with van der Waals surface area (Å²) >= 11 is 7.21. The average molecular weight is 197 g/mol. The number of rotatable bonds is 3. The van der Waals surface area contributed by atoms with Gasteiger partial charge in [-0.3, -0.25) is 0 Å². The molecule has 1 rings (SSSR count). The van der Waals surface area contributed by atoms with Crippen molar-refractivity contribution in [2.45, 2.75) is 6.42 Å². The summed E-state index contributed by atoms with van der Waals surface area (Å²) in [6, 6.07) is 4.01. The highest BCUT2D eigenvalue weighted by atomic mass is 35.5. The Balaban J connectivity index is 2.78. The van der Waals surface area contributed by atoms with E-state index in [0.29, 0.717) is 5.88 Å². The summed E-state index contributed by atoms with van der Waals surface area (Å²) in [5.74, 6) is 3.27. The van der Waals surface area contributed by atoms with E-state index in [4.69, 9.17) is 18.0 Å². The van der Waals surface area contributed by atoms with Gasteiger partial charge >= 0.3 is 0 Å². The number of halogens is 1. The Labute approximate surface area is 81.9 Å². The fraction of sp³-hybridized carbons (Fsp3) is 0.200. The maximum Gasteiger partial charge on any atom is 0.0423 e. The van der Waals surface area contributed by atoms with Crippen LogP contribution in [0.5, 0.6) is 0 Å². The summed E-state index contributed by atoms with van der Waals surface area (Å²) < 4.78 is 0. The molecule has 0 atom stereocenters. The van der Waals surface area contributed by atoms with E-state index in [1.807, 2.05) is 23.6 Å². The molecule has 0 saturated heterocycles. The van der Waals surface area contributed by atoms with Crippen molar-refractivity contribution >= 4 is 28.5 Å². The molecule has 0 aliphatic heterocycles. The van der Waals surface area contributed by atoms with Crippen molar-refractivity contribution in [1.29, 1.82) is 0 Å². The molecule has 2 heteroatoms. The second-order valence-electron chi connectivity index (χ2n) is 2.22. The van der Waals surface area contributed by atoms with E-state index < -0.39 is 0 Å². The highest BCUT2D eigenvalue weighted by Crippen LogP contribution is 2.19. The molecule has 0 saturated carbocycles. The van der Waals surface area contributed by atoms with E-state index in [2.05, 4.69) is 5.92 Å². The Morgan fingerprint density at radius 1 is 1.75 bits per heavy atom. The van der Waals surface area contributed by atoms with Crippen LogP contribution in [0.4, 0.5) is 0 Å². The van der Waals surface area contributed by atoms with Crippen molar-refractivity contribution in [1.82, 2.24) is 0 Å². The molecular formula is C10H9ClS. The van der Waals surface area contributed by atoms with Gasteiger partial charge in [0.1, 0.15) is 0 Å². The molecule has 1 aromatic heterocycles. The molecule has 0 aliphatic rings. The van der Waals surface area contributed by atoms with Gasteiger partial charge in [-0.2, -0.15) is 0 Å². The molecule has 0 radical (unpaired) electrons. The SMILES string of the molecule is C#C/C(=C\CCCl)c1cccs1. The van der Waals surface area contributed by atoms with Crippen LogP contribution in [0.15, 0.2) is 23.6 Å². The minimum Gasteiger partial charge on any atom is -0.143 e. The van der Waals surface area contributed by atoms with E-state index in [-0.39, 0.29) is 0 Å². The lowest BCUT2D eigenvalue weighted by Gasteiger charge is -1.93. The first-order valence-electron chi connectivity index (χ1n) is 3.65. The van der Waals surface area contributed by atoms with Gasteiger partial charge in [-0.05, 0) is 17.9 Å². The first kappa shape index (κ1) is 9.38. The molecule has 0 N–H and O–H groups in total. The summed E-state index contributed by atoms with van der Waals surface area (Å²) in [6.07, 6.45) is 8.18. The zero-order valence-corrected chi connectivity index (χ0v) is 8.16. The smallest absolute Gasteiger partial charge is 0.0423 e. The number of allylic oxidation sites excluding steroid dienone is 2. The minimum absolute atomic E-state index is 0.622. The van der Waals surface area contributed by atoms with Crippen LogP contribution in [0, 0.1) is 12.3 Å². The Morgan fingerprint density at radius 3 is 3.08 bits per heavy atom. The number of thiophene rings is 1. The average Bonchev–Trinajstić information content (AvgIpc) is 2.59. The molecule has 0 amide bonds. The van der Waals surface area contributed by atoms with Crippen LogP contribution >= 0.6 is 22.9 Å². The van der Waals surface area contributed by atoms with Crippen LogP contribution in [0.2, 0.25) is 0 Å². The summed E-state index contributed by atoms with van der Waals surface area (Å²) in [4.78, 5) is 1.14. The second kappa shape index (κ2) is 5.03. The van der Waals surface area contributed by atoms with Crippen molar-refractivity contribution in [3.05, 3.63) is 28.5 Å². The summed E-state index contributed by atoms with van der Waals surface area (Å²) in [5.41, 5.74) is 0.950. The maximum absolute atomic E-state index is 5.55. The molecule has 0 unspecified atom stereocenters. The topological polar surface area (TPSA) is 0 Å². The Bertz CT molecular complexity index is 290. The third-order valence-electron chi connectivity index (χ3n) is 1.40. The summed E-state index contributed by atoms with van der Waals surface area (Å²) in [6.45, 7) is 0. The lowest BCUT2D eigenvalue weighted by molar-refractivity contribution is 1.24. The fourth-order valence-corrected chi connectivity index (χ4v) is 1.70. The van der Waals surface area contributed by atoms with E-state index in [1.165, 1.54) is 0 Å². The van der Waals surface area contributed by atoms with Gasteiger partial charge in [0, 0.05) is 16.3 Å². The first-order valence-corrected chi connectivity index (χ1v) is 5.06. The number of hydrogen-bond donors (Lipinski definition) is 0. The van der Waals surface area contributed by atoms with Crippen LogP contribution in [0.1, 0.15) is 11.3 Å². The van der Waals surface area contributed by atoms with E-state index in [1.54, 1.807) is 11.3 Å². The summed E-state index contributed by atoms with van der Waals surface area (Å²) in [5, 5.41) is 2.02. The van der Waals surface area contributed by atoms with Gasteiger partial charge in [0.2, 0.25) is 0 Å². The monoisotopic (exact) mass is 196 g/mol. The quantitative estimate of drug-likeness (QED) is 0.514. The molecule has 62 valence electrons. The largest absolute Gasteiger partial charge is 0.143 e. The molecule has 1 heterocycles. The van der Waals surface area contributed by atoms with Gasteiger partial charge < -0.3 is 0 Å². The lowest BCUT2D eigenvalue weighted by atomic mass is 10.2. The van der Waals surface area contributed by atoms with Crippen LogP contribution in [0.3, 0.4) is 0 Å². The molecule has 0 nitrogen and oxygen atoms in total. The Kier molecular flexibility index (Phi) is 3.93. The second-order valence-corrected chi connectivity index (χ2v) is 3.54. The fourth-order valence-electron chi connectivity index (χ4n) is 0.861. The lowest BCUT2D eigenvalue weighted by Crippen LogP contribution is -1.76.